The first-order valence-electron chi connectivity index (χ1n) is 6.41. The van der Waals surface area contributed by atoms with E-state index in [9.17, 15) is 14.4 Å². The number of carboxylic acid groups (broad SMARTS) is 1. The van der Waals surface area contributed by atoms with Gasteiger partial charge in [-0.2, -0.15) is 0 Å². The summed E-state index contributed by atoms with van der Waals surface area (Å²) in [5.41, 5.74) is 5.41. The second-order valence-electron chi connectivity index (χ2n) is 4.34. The number of carboxylic acids is 1. The first kappa shape index (κ1) is 16.4. The predicted octanol–water partition coefficient (Wildman–Crippen LogP) is 2.05. The molecule has 0 unspecified atom stereocenters. The van der Waals surface area contributed by atoms with E-state index >= 15 is 0 Å². The molecule has 0 fully saturated rings. The SMILES string of the molecule is C=CC(=O)CCCCOC(=O)c1cccc(C(=O)O)c1N. The average Bonchev–Trinajstić information content (AvgIpc) is 2.46. The maximum Gasteiger partial charge on any atom is 0.340 e. The van der Waals surface area contributed by atoms with Crippen LogP contribution in [0.1, 0.15) is 40.0 Å². The number of para-hydroxylation sites is 1. The number of ketones is 1. The molecule has 1 rings (SSSR count). The van der Waals surface area contributed by atoms with E-state index in [4.69, 9.17) is 15.6 Å². The molecule has 21 heavy (non-hydrogen) atoms. The van der Waals surface area contributed by atoms with Gasteiger partial charge >= 0.3 is 11.9 Å². The molecule has 0 atom stereocenters. The summed E-state index contributed by atoms with van der Waals surface area (Å²) in [6.07, 6.45) is 2.73. The summed E-state index contributed by atoms with van der Waals surface area (Å²) in [5, 5.41) is 8.92. The number of carbonyl (C=O) groups excluding carboxylic acids is 2. The van der Waals surface area contributed by atoms with Crippen LogP contribution in [0.15, 0.2) is 30.9 Å². The molecule has 0 amide bonds. The van der Waals surface area contributed by atoms with Crippen LogP contribution in [0.25, 0.3) is 0 Å². The van der Waals surface area contributed by atoms with Gasteiger partial charge in [0.1, 0.15) is 0 Å². The van der Waals surface area contributed by atoms with Crippen LogP contribution in [-0.2, 0) is 9.53 Å². The Kier molecular flexibility index (Phi) is 6.13. The molecule has 112 valence electrons. The predicted molar refractivity (Wildman–Crippen MR) is 77.2 cm³/mol. The first-order valence-corrected chi connectivity index (χ1v) is 6.41. The van der Waals surface area contributed by atoms with Crippen LogP contribution in [0.4, 0.5) is 5.69 Å². The molecule has 1 aromatic carbocycles. The summed E-state index contributed by atoms with van der Waals surface area (Å²) in [5.74, 6) is -1.93. The minimum atomic E-state index is -1.20. The third-order valence-corrected chi connectivity index (χ3v) is 2.83. The van der Waals surface area contributed by atoms with Crippen LogP contribution in [0.2, 0.25) is 0 Å². The molecule has 0 aromatic heterocycles. The van der Waals surface area contributed by atoms with Crippen LogP contribution in [0.3, 0.4) is 0 Å². The van der Waals surface area contributed by atoms with Gasteiger partial charge in [-0.05, 0) is 31.1 Å². The van der Waals surface area contributed by atoms with Gasteiger partial charge in [-0.25, -0.2) is 9.59 Å². The summed E-state index contributed by atoms with van der Waals surface area (Å²) < 4.78 is 5.01. The van der Waals surface area contributed by atoms with Crippen molar-refractivity contribution >= 4 is 23.4 Å². The minimum Gasteiger partial charge on any atom is -0.478 e. The van der Waals surface area contributed by atoms with E-state index in [2.05, 4.69) is 6.58 Å². The second-order valence-corrected chi connectivity index (χ2v) is 4.34. The van der Waals surface area contributed by atoms with E-state index in [1.54, 1.807) is 0 Å². The summed E-state index contributed by atoms with van der Waals surface area (Å²) in [6.45, 7) is 3.50. The molecule has 0 heterocycles. The van der Waals surface area contributed by atoms with Gasteiger partial charge in [-0.3, -0.25) is 4.79 Å². The largest absolute Gasteiger partial charge is 0.478 e. The summed E-state index contributed by atoms with van der Waals surface area (Å²) >= 11 is 0. The number of nitrogen functional groups attached to an aromatic ring is 1. The number of benzene rings is 1. The standard InChI is InChI=1S/C15H17NO5/c1-2-10(17)6-3-4-9-21-15(20)12-8-5-7-11(13(12)16)14(18)19/h2,5,7-8H,1,3-4,6,9,16H2,(H,18,19). The molecule has 0 radical (unpaired) electrons. The monoisotopic (exact) mass is 291 g/mol. The molecule has 0 bridgehead atoms. The lowest BCUT2D eigenvalue weighted by Gasteiger charge is -2.08. The number of hydrogen-bond donors (Lipinski definition) is 2. The van der Waals surface area contributed by atoms with Gasteiger partial charge < -0.3 is 15.6 Å². The zero-order valence-electron chi connectivity index (χ0n) is 11.5. The third kappa shape index (κ3) is 4.76. The van der Waals surface area contributed by atoms with E-state index in [1.807, 2.05) is 0 Å². The fourth-order valence-corrected chi connectivity index (χ4v) is 1.68. The molecule has 0 aliphatic carbocycles. The number of anilines is 1. The number of hydrogen-bond acceptors (Lipinski definition) is 5. The number of ether oxygens (including phenoxy) is 1. The number of allylic oxidation sites excluding steroid dienone is 1. The number of carbonyl (C=O) groups is 3. The maximum atomic E-state index is 11.8. The Balaban J connectivity index is 2.53. The third-order valence-electron chi connectivity index (χ3n) is 2.83. The fourth-order valence-electron chi connectivity index (χ4n) is 1.68. The lowest BCUT2D eigenvalue weighted by atomic mass is 10.1. The summed E-state index contributed by atoms with van der Waals surface area (Å²) in [7, 11) is 0. The Hall–Kier alpha value is -2.63. The van der Waals surface area contributed by atoms with Gasteiger partial charge in [0.2, 0.25) is 0 Å². The van der Waals surface area contributed by atoms with Gasteiger partial charge in [-0.1, -0.05) is 12.6 Å². The first-order chi connectivity index (χ1) is 9.97. The quantitative estimate of drug-likeness (QED) is 0.328. The van der Waals surface area contributed by atoms with Crippen molar-refractivity contribution in [1.29, 1.82) is 0 Å². The fraction of sp³-hybridized carbons (Fsp3) is 0.267. The molecule has 0 aliphatic heterocycles. The molecule has 3 N–H and O–H groups in total. The highest BCUT2D eigenvalue weighted by Gasteiger charge is 2.17. The van der Waals surface area contributed by atoms with Crippen LogP contribution < -0.4 is 5.73 Å². The molecule has 6 heteroatoms. The Labute approximate surface area is 122 Å². The Morgan fingerprint density at radius 2 is 1.90 bits per heavy atom. The Morgan fingerprint density at radius 3 is 2.52 bits per heavy atom. The van der Waals surface area contributed by atoms with Crippen molar-refractivity contribution in [3.8, 4) is 0 Å². The van der Waals surface area contributed by atoms with E-state index in [0.717, 1.165) is 0 Å². The molecule has 1 aromatic rings. The van der Waals surface area contributed by atoms with Gasteiger partial charge in [0, 0.05) is 6.42 Å². The molecule has 6 nitrogen and oxygen atoms in total. The number of rotatable bonds is 8. The van der Waals surface area contributed by atoms with E-state index < -0.39 is 11.9 Å². The minimum absolute atomic E-state index is 0.0251. The molecular formula is C15H17NO5. The van der Waals surface area contributed by atoms with Gasteiger partial charge in [-0.15, -0.1) is 0 Å². The van der Waals surface area contributed by atoms with Gasteiger partial charge in [0.15, 0.2) is 5.78 Å². The highest BCUT2D eigenvalue weighted by molar-refractivity contribution is 6.03. The second kappa shape index (κ2) is 7.84. The zero-order valence-corrected chi connectivity index (χ0v) is 11.5. The maximum absolute atomic E-state index is 11.8. The van der Waals surface area contributed by atoms with Crippen LogP contribution in [-0.4, -0.2) is 29.4 Å². The van der Waals surface area contributed by atoms with E-state index in [0.29, 0.717) is 19.3 Å². The number of aromatic carboxylic acids is 1. The van der Waals surface area contributed by atoms with Gasteiger partial charge in [0.05, 0.1) is 23.4 Å². The average molecular weight is 291 g/mol. The molecule has 0 spiro atoms. The van der Waals surface area contributed by atoms with Gasteiger partial charge in [0.25, 0.3) is 0 Å². The molecule has 0 saturated carbocycles. The lowest BCUT2D eigenvalue weighted by Crippen LogP contribution is -2.12. The lowest BCUT2D eigenvalue weighted by molar-refractivity contribution is -0.114. The molecule has 0 saturated heterocycles. The molecular weight excluding hydrogens is 274 g/mol. The number of esters is 1. The summed E-state index contributed by atoms with van der Waals surface area (Å²) in [6, 6.07) is 4.15. The zero-order chi connectivity index (χ0) is 15.8. The van der Waals surface area contributed by atoms with Crippen molar-refractivity contribution in [3.05, 3.63) is 42.0 Å². The normalized spacial score (nSPS) is 9.90. The Bertz CT molecular complexity index is 565. The summed E-state index contributed by atoms with van der Waals surface area (Å²) in [4.78, 5) is 33.7. The van der Waals surface area contributed by atoms with E-state index in [-0.39, 0.29) is 29.2 Å². The van der Waals surface area contributed by atoms with Crippen molar-refractivity contribution in [3.63, 3.8) is 0 Å². The number of unbranched alkanes of at least 4 members (excludes halogenated alkanes) is 1. The number of nitrogens with two attached hydrogens (primary N) is 1. The van der Waals surface area contributed by atoms with Crippen molar-refractivity contribution in [1.82, 2.24) is 0 Å². The van der Waals surface area contributed by atoms with E-state index in [1.165, 1.54) is 24.3 Å². The Morgan fingerprint density at radius 1 is 1.24 bits per heavy atom. The van der Waals surface area contributed by atoms with Crippen LogP contribution in [0.5, 0.6) is 0 Å². The van der Waals surface area contributed by atoms with Crippen molar-refractivity contribution in [2.24, 2.45) is 0 Å². The van der Waals surface area contributed by atoms with Crippen molar-refractivity contribution in [2.75, 3.05) is 12.3 Å². The van der Waals surface area contributed by atoms with Crippen molar-refractivity contribution < 1.29 is 24.2 Å². The van der Waals surface area contributed by atoms with Crippen molar-refractivity contribution in [2.45, 2.75) is 19.3 Å². The highest BCUT2D eigenvalue weighted by Crippen LogP contribution is 2.18. The smallest absolute Gasteiger partial charge is 0.340 e. The topological polar surface area (TPSA) is 107 Å². The molecule has 0 aliphatic rings. The van der Waals surface area contributed by atoms with Crippen LogP contribution >= 0.6 is 0 Å². The highest BCUT2D eigenvalue weighted by atomic mass is 16.5. The van der Waals surface area contributed by atoms with Crippen LogP contribution in [0, 0.1) is 0 Å².